The molecule has 1 saturated carbocycles. The van der Waals surface area contributed by atoms with Crippen LogP contribution in [-0.4, -0.2) is 11.1 Å². The Labute approximate surface area is 119 Å². The van der Waals surface area contributed by atoms with E-state index < -0.39 is 0 Å². The number of hydrogen-bond acceptors (Lipinski definition) is 3. The number of ether oxygens (including phenoxy) is 1. The predicted octanol–water partition coefficient (Wildman–Crippen LogP) is 4.68. The molecule has 1 fully saturated rings. The van der Waals surface area contributed by atoms with E-state index in [2.05, 4.69) is 31.8 Å². The number of thiazole rings is 1. The Balaban J connectivity index is 1.74. The van der Waals surface area contributed by atoms with Crippen molar-refractivity contribution >= 4 is 11.3 Å². The third-order valence-electron chi connectivity index (χ3n) is 5.46. The molecule has 0 aliphatic heterocycles. The van der Waals surface area contributed by atoms with E-state index in [0.29, 0.717) is 11.5 Å². The summed E-state index contributed by atoms with van der Waals surface area (Å²) in [7, 11) is 0. The van der Waals surface area contributed by atoms with Gasteiger partial charge in [0.25, 0.3) is 0 Å². The van der Waals surface area contributed by atoms with Crippen LogP contribution in [0, 0.1) is 17.3 Å². The molecule has 1 heterocycles. The smallest absolute Gasteiger partial charge is 0.224 e. The first kappa shape index (κ1) is 13.2. The fraction of sp³-hybridized carbons (Fsp3) is 0.688. The second kappa shape index (κ2) is 4.93. The highest BCUT2D eigenvalue weighted by atomic mass is 32.1. The Morgan fingerprint density at radius 3 is 3.00 bits per heavy atom. The van der Waals surface area contributed by atoms with E-state index in [4.69, 9.17) is 4.74 Å². The maximum Gasteiger partial charge on any atom is 0.224 e. The lowest BCUT2D eigenvalue weighted by Gasteiger charge is -2.48. The number of hydrogen-bond donors (Lipinski definition) is 0. The Hall–Kier alpha value is -0.830. The van der Waals surface area contributed by atoms with Gasteiger partial charge < -0.3 is 4.74 Å². The van der Waals surface area contributed by atoms with Crippen LogP contribution < -0.4 is 4.74 Å². The Bertz CT molecular complexity index is 467. The van der Waals surface area contributed by atoms with E-state index in [1.807, 2.05) is 10.9 Å². The molecule has 2 unspecified atom stereocenters. The summed E-state index contributed by atoms with van der Waals surface area (Å²) in [4.78, 5) is 4.24. The van der Waals surface area contributed by atoms with Crippen LogP contribution in [0.2, 0.25) is 0 Å². The maximum atomic E-state index is 6.01. The zero-order valence-electron chi connectivity index (χ0n) is 12.1. The third-order valence-corrected chi connectivity index (χ3v) is 6.02. The summed E-state index contributed by atoms with van der Waals surface area (Å²) in [6.07, 6.45) is 7.53. The van der Waals surface area contributed by atoms with Gasteiger partial charge in [-0.1, -0.05) is 32.4 Å². The monoisotopic (exact) mass is 277 g/mol. The highest BCUT2D eigenvalue weighted by Gasteiger charge is 2.43. The number of rotatable bonds is 2. The van der Waals surface area contributed by atoms with Crippen LogP contribution >= 0.6 is 11.3 Å². The van der Waals surface area contributed by atoms with E-state index in [1.54, 1.807) is 16.9 Å². The molecule has 3 rings (SSSR count). The lowest BCUT2D eigenvalue weighted by molar-refractivity contribution is 0.0732. The molecule has 2 aliphatic carbocycles. The van der Waals surface area contributed by atoms with Gasteiger partial charge in [-0.25, -0.2) is 4.98 Å². The molecule has 19 heavy (non-hydrogen) atoms. The lowest BCUT2D eigenvalue weighted by Crippen LogP contribution is -2.41. The highest BCUT2D eigenvalue weighted by molar-refractivity contribution is 7.07. The first-order valence-corrected chi connectivity index (χ1v) is 8.28. The minimum atomic E-state index is 0.321. The summed E-state index contributed by atoms with van der Waals surface area (Å²) in [6.45, 7) is 7.28. The zero-order valence-corrected chi connectivity index (χ0v) is 12.9. The van der Waals surface area contributed by atoms with Gasteiger partial charge in [0.2, 0.25) is 5.88 Å². The molecule has 1 aromatic rings. The lowest BCUT2D eigenvalue weighted by atomic mass is 9.57. The molecule has 0 saturated heterocycles. The Morgan fingerprint density at radius 2 is 2.26 bits per heavy atom. The second-order valence-electron chi connectivity index (χ2n) is 6.46. The first-order chi connectivity index (χ1) is 9.09. The van der Waals surface area contributed by atoms with Crippen molar-refractivity contribution in [3.8, 4) is 5.88 Å². The maximum absolute atomic E-state index is 6.01. The van der Waals surface area contributed by atoms with Gasteiger partial charge in [-0.2, -0.15) is 0 Å². The summed E-state index contributed by atoms with van der Waals surface area (Å²) >= 11 is 1.60. The fourth-order valence-corrected chi connectivity index (χ4v) is 4.19. The Morgan fingerprint density at radius 1 is 1.42 bits per heavy atom. The second-order valence-corrected chi connectivity index (χ2v) is 7.18. The summed E-state index contributed by atoms with van der Waals surface area (Å²) in [5, 5.41) is 1.99. The first-order valence-electron chi connectivity index (χ1n) is 7.34. The van der Waals surface area contributed by atoms with Gasteiger partial charge in [-0.3, -0.25) is 0 Å². The molecule has 0 amide bonds. The summed E-state index contributed by atoms with van der Waals surface area (Å²) < 4.78 is 6.01. The molecular formula is C16H23NOS. The molecule has 4 atom stereocenters. The summed E-state index contributed by atoms with van der Waals surface area (Å²) in [6, 6.07) is 0. The molecule has 2 nitrogen and oxygen atoms in total. The van der Waals surface area contributed by atoms with Gasteiger partial charge >= 0.3 is 0 Å². The molecule has 1 aromatic heterocycles. The molecule has 0 aromatic carbocycles. The van der Waals surface area contributed by atoms with Crippen LogP contribution in [0.3, 0.4) is 0 Å². The van der Waals surface area contributed by atoms with Crippen LogP contribution in [0.1, 0.15) is 46.5 Å². The third kappa shape index (κ3) is 2.33. The van der Waals surface area contributed by atoms with Gasteiger partial charge in [0.15, 0.2) is 0 Å². The van der Waals surface area contributed by atoms with Crippen molar-refractivity contribution in [1.82, 2.24) is 4.98 Å². The van der Waals surface area contributed by atoms with Crippen molar-refractivity contribution in [3.05, 3.63) is 22.5 Å². The van der Waals surface area contributed by atoms with Crippen LogP contribution in [0.25, 0.3) is 0 Å². The van der Waals surface area contributed by atoms with E-state index in [0.717, 1.165) is 30.6 Å². The van der Waals surface area contributed by atoms with Crippen molar-refractivity contribution in [3.63, 3.8) is 0 Å². The van der Waals surface area contributed by atoms with Crippen LogP contribution in [0.4, 0.5) is 0 Å². The SMILES string of the molecule is CC1CC=C2C[C@@H](Oc3cscn3)CC[C@]2(C)C1C. The quantitative estimate of drug-likeness (QED) is 0.732. The highest BCUT2D eigenvalue weighted by Crippen LogP contribution is 2.52. The molecule has 2 aliphatic rings. The van der Waals surface area contributed by atoms with Crippen molar-refractivity contribution in [2.45, 2.75) is 52.6 Å². The van der Waals surface area contributed by atoms with Crippen molar-refractivity contribution in [2.24, 2.45) is 17.3 Å². The largest absolute Gasteiger partial charge is 0.473 e. The molecule has 3 heteroatoms. The molecule has 104 valence electrons. The molecule has 0 N–H and O–H groups in total. The Kier molecular flexibility index (Phi) is 3.42. The van der Waals surface area contributed by atoms with Crippen molar-refractivity contribution in [1.29, 1.82) is 0 Å². The number of nitrogens with zero attached hydrogens (tertiary/aromatic N) is 1. The van der Waals surface area contributed by atoms with E-state index in [-0.39, 0.29) is 0 Å². The average molecular weight is 277 g/mol. The average Bonchev–Trinajstić information content (AvgIpc) is 2.89. The van der Waals surface area contributed by atoms with Gasteiger partial charge in [0.1, 0.15) is 6.10 Å². The van der Waals surface area contributed by atoms with Crippen LogP contribution in [0.15, 0.2) is 22.5 Å². The van der Waals surface area contributed by atoms with Gasteiger partial charge in [-0.15, -0.1) is 11.3 Å². The standard InChI is InChI=1S/C16H23NOS/c1-11-4-5-13-8-14(18-15-9-19-10-17-15)6-7-16(13,3)12(11)2/h5,9-12,14H,4,6-8H2,1-3H3/t11?,12?,14-,16+/m0/s1. The number of fused-ring (bicyclic) bond motifs is 1. The van der Waals surface area contributed by atoms with Gasteiger partial charge in [-0.05, 0) is 36.5 Å². The summed E-state index contributed by atoms with van der Waals surface area (Å²) in [5.41, 5.74) is 3.87. The minimum Gasteiger partial charge on any atom is -0.473 e. The van der Waals surface area contributed by atoms with Gasteiger partial charge in [0, 0.05) is 6.42 Å². The van der Waals surface area contributed by atoms with E-state index >= 15 is 0 Å². The molecule has 0 radical (unpaired) electrons. The van der Waals surface area contributed by atoms with Gasteiger partial charge in [0.05, 0.1) is 10.9 Å². The molecular weight excluding hydrogens is 254 g/mol. The minimum absolute atomic E-state index is 0.321. The topological polar surface area (TPSA) is 22.1 Å². The van der Waals surface area contributed by atoms with E-state index in [1.165, 1.54) is 12.8 Å². The summed E-state index contributed by atoms with van der Waals surface area (Å²) in [5.74, 6) is 2.40. The fourth-order valence-electron chi connectivity index (χ4n) is 3.73. The molecule has 0 bridgehead atoms. The van der Waals surface area contributed by atoms with Crippen LogP contribution in [0.5, 0.6) is 5.88 Å². The van der Waals surface area contributed by atoms with Crippen molar-refractivity contribution < 1.29 is 4.74 Å². The normalized spacial score (nSPS) is 38.5. The molecule has 0 spiro atoms. The number of aromatic nitrogens is 1. The number of allylic oxidation sites excluding steroid dienone is 1. The predicted molar refractivity (Wildman–Crippen MR) is 79.5 cm³/mol. The van der Waals surface area contributed by atoms with Crippen LogP contribution in [-0.2, 0) is 0 Å². The van der Waals surface area contributed by atoms with E-state index in [9.17, 15) is 0 Å². The van der Waals surface area contributed by atoms with Crippen molar-refractivity contribution in [2.75, 3.05) is 0 Å². The zero-order chi connectivity index (χ0) is 13.5.